The number of aliphatic hydroxyl groups excluding tert-OH is 1. The van der Waals surface area contributed by atoms with Gasteiger partial charge in [0.15, 0.2) is 0 Å². The summed E-state index contributed by atoms with van der Waals surface area (Å²) in [6.07, 6.45) is 4.33. The Labute approximate surface area is 108 Å². The Kier molecular flexibility index (Phi) is 5.41. The molecule has 0 radical (unpaired) electrons. The molecule has 0 spiro atoms. The van der Waals surface area contributed by atoms with Crippen molar-refractivity contribution in [2.24, 2.45) is 5.92 Å². The molecule has 2 saturated heterocycles. The minimum atomic E-state index is 0.0927. The summed E-state index contributed by atoms with van der Waals surface area (Å²) in [7, 11) is 0. The molecule has 18 heavy (non-hydrogen) atoms. The average Bonchev–Trinajstić information content (AvgIpc) is 2.99. The van der Waals surface area contributed by atoms with E-state index >= 15 is 0 Å². The van der Waals surface area contributed by atoms with Gasteiger partial charge in [-0.2, -0.15) is 0 Å². The fourth-order valence-corrected chi connectivity index (χ4v) is 2.77. The van der Waals surface area contributed by atoms with Crippen molar-refractivity contribution in [3.8, 4) is 0 Å². The second kappa shape index (κ2) is 7.07. The van der Waals surface area contributed by atoms with Gasteiger partial charge in [0.05, 0.1) is 12.6 Å². The Balaban J connectivity index is 1.59. The number of rotatable bonds is 6. The smallest absolute Gasteiger partial charge is 0.234 e. The topological polar surface area (TPSA) is 61.8 Å². The van der Waals surface area contributed by atoms with Gasteiger partial charge in [0.25, 0.3) is 0 Å². The lowest BCUT2D eigenvalue weighted by Gasteiger charge is -2.16. The quantitative estimate of drug-likeness (QED) is 0.701. The van der Waals surface area contributed by atoms with Gasteiger partial charge in [0.1, 0.15) is 0 Å². The highest BCUT2D eigenvalue weighted by Gasteiger charge is 2.24. The number of aliphatic hydroxyl groups is 1. The summed E-state index contributed by atoms with van der Waals surface area (Å²) < 4.78 is 5.47. The summed E-state index contributed by atoms with van der Waals surface area (Å²) in [5.41, 5.74) is 0. The third kappa shape index (κ3) is 4.23. The number of amides is 1. The van der Waals surface area contributed by atoms with Crippen LogP contribution in [0.25, 0.3) is 0 Å². The van der Waals surface area contributed by atoms with Crippen LogP contribution < -0.4 is 5.32 Å². The monoisotopic (exact) mass is 256 g/mol. The molecular formula is C13H24N2O3. The van der Waals surface area contributed by atoms with Crippen molar-refractivity contribution in [2.75, 3.05) is 39.4 Å². The Bertz CT molecular complexity index is 267. The molecule has 2 unspecified atom stereocenters. The Hall–Kier alpha value is -0.650. The van der Waals surface area contributed by atoms with Gasteiger partial charge in [-0.25, -0.2) is 0 Å². The first-order chi connectivity index (χ1) is 8.78. The van der Waals surface area contributed by atoms with E-state index in [-0.39, 0.29) is 18.6 Å². The minimum absolute atomic E-state index is 0.0927. The zero-order valence-electron chi connectivity index (χ0n) is 10.9. The number of nitrogens with zero attached hydrogens (tertiary/aromatic N) is 1. The third-order valence-electron chi connectivity index (χ3n) is 3.83. The van der Waals surface area contributed by atoms with Crippen molar-refractivity contribution < 1.29 is 14.6 Å². The SMILES string of the molecule is O=C(CN1CCC(CCO)C1)NCC1CCCO1. The molecule has 0 aromatic heterocycles. The molecule has 0 aliphatic carbocycles. The lowest BCUT2D eigenvalue weighted by molar-refractivity contribution is -0.122. The second-order valence-electron chi connectivity index (χ2n) is 5.34. The Morgan fingerprint density at radius 3 is 3.06 bits per heavy atom. The molecular weight excluding hydrogens is 232 g/mol. The van der Waals surface area contributed by atoms with E-state index in [1.54, 1.807) is 0 Å². The van der Waals surface area contributed by atoms with Crippen LogP contribution in [0.2, 0.25) is 0 Å². The van der Waals surface area contributed by atoms with Crippen molar-refractivity contribution in [3.05, 3.63) is 0 Å². The van der Waals surface area contributed by atoms with Crippen LogP contribution in [0.1, 0.15) is 25.7 Å². The van der Waals surface area contributed by atoms with Gasteiger partial charge in [-0.05, 0) is 38.1 Å². The molecule has 1 amide bonds. The molecule has 5 nitrogen and oxygen atoms in total. The molecule has 0 aromatic rings. The third-order valence-corrected chi connectivity index (χ3v) is 3.83. The average molecular weight is 256 g/mol. The summed E-state index contributed by atoms with van der Waals surface area (Å²) in [6.45, 7) is 4.12. The molecule has 2 aliphatic heterocycles. The second-order valence-corrected chi connectivity index (χ2v) is 5.34. The summed E-state index contributed by atoms with van der Waals surface area (Å²) in [5, 5.41) is 11.8. The van der Waals surface area contributed by atoms with Gasteiger partial charge in [-0.1, -0.05) is 0 Å². The molecule has 5 heteroatoms. The van der Waals surface area contributed by atoms with Crippen molar-refractivity contribution in [3.63, 3.8) is 0 Å². The van der Waals surface area contributed by atoms with Gasteiger partial charge >= 0.3 is 0 Å². The van der Waals surface area contributed by atoms with Crippen molar-refractivity contribution in [2.45, 2.75) is 31.8 Å². The number of carbonyl (C=O) groups is 1. The maximum absolute atomic E-state index is 11.8. The van der Waals surface area contributed by atoms with E-state index in [2.05, 4.69) is 10.2 Å². The summed E-state index contributed by atoms with van der Waals surface area (Å²) in [5.74, 6) is 0.649. The summed E-state index contributed by atoms with van der Waals surface area (Å²) in [4.78, 5) is 13.9. The van der Waals surface area contributed by atoms with Crippen LogP contribution in [0.15, 0.2) is 0 Å². The fraction of sp³-hybridized carbons (Fsp3) is 0.923. The number of nitrogens with one attached hydrogen (secondary N) is 1. The standard InChI is InChI=1S/C13H24N2O3/c16-6-4-11-3-5-15(9-11)10-13(17)14-8-12-2-1-7-18-12/h11-12,16H,1-10H2,(H,14,17). The molecule has 0 saturated carbocycles. The molecule has 2 fully saturated rings. The largest absolute Gasteiger partial charge is 0.396 e. The van der Waals surface area contributed by atoms with E-state index < -0.39 is 0 Å². The van der Waals surface area contributed by atoms with E-state index in [0.29, 0.717) is 19.0 Å². The molecule has 2 aliphatic rings. The van der Waals surface area contributed by atoms with E-state index in [9.17, 15) is 4.79 Å². The summed E-state index contributed by atoms with van der Waals surface area (Å²) in [6, 6.07) is 0. The molecule has 2 N–H and O–H groups in total. The number of carbonyl (C=O) groups excluding carboxylic acids is 1. The molecule has 0 bridgehead atoms. The first-order valence-corrected chi connectivity index (χ1v) is 6.99. The van der Waals surface area contributed by atoms with Crippen LogP contribution in [0.4, 0.5) is 0 Å². The highest BCUT2D eigenvalue weighted by atomic mass is 16.5. The first kappa shape index (κ1) is 13.8. The van der Waals surface area contributed by atoms with Crippen molar-refractivity contribution in [1.82, 2.24) is 10.2 Å². The molecule has 0 aromatic carbocycles. The zero-order chi connectivity index (χ0) is 12.8. The highest BCUT2D eigenvalue weighted by molar-refractivity contribution is 5.78. The van der Waals surface area contributed by atoms with Crippen LogP contribution in [0, 0.1) is 5.92 Å². The molecule has 104 valence electrons. The summed E-state index contributed by atoms with van der Waals surface area (Å²) >= 11 is 0. The van der Waals surface area contributed by atoms with Gasteiger partial charge in [0, 0.05) is 26.3 Å². The van der Waals surface area contributed by atoms with E-state index in [4.69, 9.17) is 9.84 Å². The first-order valence-electron chi connectivity index (χ1n) is 6.99. The number of hydrogen-bond acceptors (Lipinski definition) is 4. The lowest BCUT2D eigenvalue weighted by atomic mass is 10.1. The fourth-order valence-electron chi connectivity index (χ4n) is 2.77. The van der Waals surface area contributed by atoms with Crippen LogP contribution in [-0.4, -0.2) is 61.4 Å². The van der Waals surface area contributed by atoms with Gasteiger partial charge in [0.2, 0.25) is 5.91 Å². The van der Waals surface area contributed by atoms with Crippen molar-refractivity contribution in [1.29, 1.82) is 0 Å². The van der Waals surface area contributed by atoms with Crippen LogP contribution in [0.5, 0.6) is 0 Å². The normalized spacial score (nSPS) is 28.7. The zero-order valence-corrected chi connectivity index (χ0v) is 10.9. The predicted octanol–water partition coefficient (Wildman–Crippen LogP) is -0.0141. The van der Waals surface area contributed by atoms with Gasteiger partial charge in [-0.3, -0.25) is 9.69 Å². The van der Waals surface area contributed by atoms with Crippen LogP contribution in [-0.2, 0) is 9.53 Å². The van der Waals surface area contributed by atoms with Crippen LogP contribution in [0.3, 0.4) is 0 Å². The number of ether oxygens (including phenoxy) is 1. The maximum atomic E-state index is 11.8. The Morgan fingerprint density at radius 1 is 1.44 bits per heavy atom. The van der Waals surface area contributed by atoms with Gasteiger partial charge < -0.3 is 15.2 Å². The van der Waals surface area contributed by atoms with Crippen LogP contribution >= 0.6 is 0 Å². The Morgan fingerprint density at radius 2 is 2.33 bits per heavy atom. The van der Waals surface area contributed by atoms with E-state index in [1.807, 2.05) is 0 Å². The molecule has 2 atom stereocenters. The molecule has 2 heterocycles. The van der Waals surface area contributed by atoms with Crippen molar-refractivity contribution >= 4 is 5.91 Å². The maximum Gasteiger partial charge on any atom is 0.234 e. The number of hydrogen-bond donors (Lipinski definition) is 2. The van der Waals surface area contributed by atoms with Gasteiger partial charge in [-0.15, -0.1) is 0 Å². The minimum Gasteiger partial charge on any atom is -0.396 e. The predicted molar refractivity (Wildman–Crippen MR) is 68.2 cm³/mol. The highest BCUT2D eigenvalue weighted by Crippen LogP contribution is 2.18. The van der Waals surface area contributed by atoms with E-state index in [1.165, 1.54) is 0 Å². The lowest BCUT2D eigenvalue weighted by Crippen LogP contribution is -2.39. The molecule has 2 rings (SSSR count). The van der Waals surface area contributed by atoms with E-state index in [0.717, 1.165) is 45.4 Å². The number of likely N-dealkylation sites (tertiary alicyclic amines) is 1.